The van der Waals surface area contributed by atoms with E-state index in [9.17, 15) is 9.59 Å². The van der Waals surface area contributed by atoms with Crippen molar-refractivity contribution in [2.75, 3.05) is 0 Å². The van der Waals surface area contributed by atoms with Crippen LogP contribution in [-0.4, -0.2) is 18.3 Å². The van der Waals surface area contributed by atoms with E-state index in [1.807, 2.05) is 25.1 Å². The highest BCUT2D eigenvalue weighted by atomic mass is 16.1. The number of aliphatic imine (C=N–C) groups is 1. The lowest BCUT2D eigenvalue weighted by molar-refractivity contribution is -0.115. The van der Waals surface area contributed by atoms with Crippen molar-refractivity contribution in [3.8, 4) is 0 Å². The number of carbonyl (C=O) groups is 2. The zero-order valence-corrected chi connectivity index (χ0v) is 13.7. The van der Waals surface area contributed by atoms with Gasteiger partial charge in [-0.2, -0.15) is 0 Å². The lowest BCUT2D eigenvalue weighted by atomic mass is 9.89. The van der Waals surface area contributed by atoms with Crippen LogP contribution in [0.2, 0.25) is 0 Å². The normalized spacial score (nSPS) is 14.6. The van der Waals surface area contributed by atoms with Crippen molar-refractivity contribution in [2.45, 2.75) is 45.4 Å². The van der Waals surface area contributed by atoms with Crippen LogP contribution in [0.25, 0.3) is 0 Å². The highest BCUT2D eigenvalue weighted by Crippen LogP contribution is 2.23. The number of Topliss-reactive ketones (excluding diaryl/α,β-unsaturated/α-hetero) is 2. The van der Waals surface area contributed by atoms with Gasteiger partial charge in [0.25, 0.3) is 0 Å². The number of nitrogens with zero attached hydrogens (tertiary/aromatic N) is 1. The minimum atomic E-state index is -0.149. The summed E-state index contributed by atoms with van der Waals surface area (Å²) in [6, 6.07) is 5.95. The van der Waals surface area contributed by atoms with Crippen LogP contribution in [0.5, 0.6) is 0 Å². The van der Waals surface area contributed by atoms with Gasteiger partial charge in [-0.25, -0.2) is 0 Å². The van der Waals surface area contributed by atoms with E-state index in [1.165, 1.54) is 24.0 Å². The lowest BCUT2D eigenvalue weighted by Gasteiger charge is -2.16. The molecule has 0 saturated heterocycles. The Kier molecular flexibility index (Phi) is 6.21. The number of hydrogen-bond acceptors (Lipinski definition) is 3. The monoisotopic (exact) mass is 309 g/mol. The molecule has 1 aromatic carbocycles. The van der Waals surface area contributed by atoms with Gasteiger partial charge in [0.1, 0.15) is 5.70 Å². The first-order valence-corrected chi connectivity index (χ1v) is 8.13. The average molecular weight is 309 g/mol. The number of hydrogen-bond donors (Lipinski definition) is 0. The van der Waals surface area contributed by atoms with Crippen molar-refractivity contribution in [1.82, 2.24) is 0 Å². The van der Waals surface area contributed by atoms with Gasteiger partial charge in [-0.3, -0.25) is 14.6 Å². The van der Waals surface area contributed by atoms with E-state index in [-0.39, 0.29) is 24.4 Å². The molecule has 1 aromatic rings. The number of ketones is 2. The molecule has 0 fully saturated rings. The summed E-state index contributed by atoms with van der Waals surface area (Å²) >= 11 is 0. The fourth-order valence-corrected chi connectivity index (χ4v) is 2.83. The smallest absolute Gasteiger partial charge is 0.181 e. The lowest BCUT2D eigenvalue weighted by Crippen LogP contribution is -2.08. The van der Waals surface area contributed by atoms with Crippen molar-refractivity contribution in [1.29, 1.82) is 0 Å². The number of fused-ring (bicyclic) bond motifs is 1. The Bertz CT molecular complexity index is 668. The maximum Gasteiger partial charge on any atom is 0.181 e. The highest BCUT2D eigenvalue weighted by molar-refractivity contribution is 6.02. The molecule has 1 aliphatic carbocycles. The molecule has 0 unspecified atom stereocenters. The molecule has 0 radical (unpaired) electrons. The summed E-state index contributed by atoms with van der Waals surface area (Å²) in [5, 5.41) is 0. The number of rotatable bonds is 7. The summed E-state index contributed by atoms with van der Waals surface area (Å²) in [6.45, 7) is 5.27. The van der Waals surface area contributed by atoms with Gasteiger partial charge in [-0.1, -0.05) is 24.3 Å². The zero-order valence-electron chi connectivity index (χ0n) is 13.7. The SMILES string of the molecule is C=N/C(=C\C=C/C)C(=O)CCC(=O)c1ccc2c(c1)CCCC2. The molecule has 23 heavy (non-hydrogen) atoms. The Balaban J connectivity index is 1.99. The molecule has 120 valence electrons. The van der Waals surface area contributed by atoms with Crippen LogP contribution in [0.4, 0.5) is 0 Å². The molecular weight excluding hydrogens is 286 g/mol. The van der Waals surface area contributed by atoms with Crippen LogP contribution in [-0.2, 0) is 17.6 Å². The van der Waals surface area contributed by atoms with Crippen LogP contribution < -0.4 is 0 Å². The molecule has 2 rings (SSSR count). The molecule has 0 aromatic heterocycles. The Morgan fingerprint density at radius 1 is 1.17 bits per heavy atom. The van der Waals surface area contributed by atoms with E-state index in [4.69, 9.17) is 0 Å². The largest absolute Gasteiger partial charge is 0.294 e. The standard InChI is InChI=1S/C20H23NO2/c1-3-4-9-18(21-2)20(23)13-12-19(22)17-11-10-15-7-5-6-8-16(15)14-17/h3-4,9-11,14H,2,5-8,12-13H2,1H3/b4-3-,18-9-. The van der Waals surface area contributed by atoms with Gasteiger partial charge >= 0.3 is 0 Å². The number of carbonyl (C=O) groups excluding carboxylic acids is 2. The second-order valence-electron chi connectivity index (χ2n) is 5.77. The third-order valence-corrected chi connectivity index (χ3v) is 4.15. The molecule has 0 atom stereocenters. The predicted molar refractivity (Wildman–Crippen MR) is 94.1 cm³/mol. The van der Waals surface area contributed by atoms with Crippen molar-refractivity contribution < 1.29 is 9.59 Å². The Hall–Kier alpha value is -2.29. The van der Waals surface area contributed by atoms with Crippen molar-refractivity contribution in [3.63, 3.8) is 0 Å². The van der Waals surface area contributed by atoms with Gasteiger partial charge in [-0.15, -0.1) is 0 Å². The van der Waals surface area contributed by atoms with Gasteiger partial charge in [0.2, 0.25) is 0 Å². The topological polar surface area (TPSA) is 46.5 Å². The van der Waals surface area contributed by atoms with Gasteiger partial charge < -0.3 is 0 Å². The number of benzene rings is 1. The molecule has 0 N–H and O–H groups in total. The van der Waals surface area contributed by atoms with Crippen LogP contribution >= 0.6 is 0 Å². The van der Waals surface area contributed by atoms with E-state index >= 15 is 0 Å². The maximum atomic E-state index is 12.3. The van der Waals surface area contributed by atoms with Crippen LogP contribution in [0.3, 0.4) is 0 Å². The molecule has 3 nitrogen and oxygen atoms in total. The van der Waals surface area contributed by atoms with E-state index in [0.717, 1.165) is 12.8 Å². The number of allylic oxidation sites excluding steroid dienone is 4. The molecule has 0 saturated carbocycles. The summed E-state index contributed by atoms with van der Waals surface area (Å²) in [6.07, 6.45) is 10.1. The Labute approximate surface area is 137 Å². The van der Waals surface area contributed by atoms with Crippen molar-refractivity contribution in [3.05, 3.63) is 58.8 Å². The van der Waals surface area contributed by atoms with Crippen molar-refractivity contribution in [2.24, 2.45) is 4.99 Å². The molecule has 3 heteroatoms. The third-order valence-electron chi connectivity index (χ3n) is 4.15. The predicted octanol–water partition coefficient (Wildman–Crippen LogP) is 4.26. The van der Waals surface area contributed by atoms with E-state index < -0.39 is 0 Å². The van der Waals surface area contributed by atoms with E-state index in [0.29, 0.717) is 11.3 Å². The quantitative estimate of drug-likeness (QED) is 0.327. The van der Waals surface area contributed by atoms with Crippen LogP contribution in [0, 0.1) is 0 Å². The summed E-state index contributed by atoms with van der Waals surface area (Å²) in [5.41, 5.74) is 3.66. The van der Waals surface area contributed by atoms with Crippen molar-refractivity contribution >= 4 is 18.3 Å². The first-order valence-electron chi connectivity index (χ1n) is 8.13. The fraction of sp³-hybridized carbons (Fsp3) is 0.350. The summed E-state index contributed by atoms with van der Waals surface area (Å²) in [4.78, 5) is 28.1. The molecule has 0 bridgehead atoms. The van der Waals surface area contributed by atoms with E-state index in [1.54, 1.807) is 12.2 Å². The molecule has 0 heterocycles. The maximum absolute atomic E-state index is 12.3. The second-order valence-corrected chi connectivity index (χ2v) is 5.77. The Morgan fingerprint density at radius 3 is 2.61 bits per heavy atom. The number of aryl methyl sites for hydroxylation is 2. The molecule has 1 aliphatic rings. The fourth-order valence-electron chi connectivity index (χ4n) is 2.83. The summed E-state index contributed by atoms with van der Waals surface area (Å²) in [5.74, 6) is -0.134. The highest BCUT2D eigenvalue weighted by Gasteiger charge is 2.15. The molecule has 0 amide bonds. The minimum Gasteiger partial charge on any atom is -0.294 e. The molecule has 0 spiro atoms. The summed E-state index contributed by atoms with van der Waals surface area (Å²) < 4.78 is 0. The zero-order chi connectivity index (χ0) is 16.7. The Morgan fingerprint density at radius 2 is 1.91 bits per heavy atom. The molecule has 0 aliphatic heterocycles. The second kappa shape index (κ2) is 8.37. The van der Waals surface area contributed by atoms with Gasteiger partial charge in [-0.05, 0) is 62.6 Å². The van der Waals surface area contributed by atoms with Crippen LogP contribution in [0.1, 0.15) is 54.1 Å². The van der Waals surface area contributed by atoms with Crippen LogP contribution in [0.15, 0.2) is 47.1 Å². The minimum absolute atomic E-state index is 0.0150. The van der Waals surface area contributed by atoms with Gasteiger partial charge in [0, 0.05) is 18.4 Å². The van der Waals surface area contributed by atoms with Gasteiger partial charge in [0.05, 0.1) is 0 Å². The first kappa shape index (κ1) is 17.1. The molecular formula is C20H23NO2. The first-order chi connectivity index (χ1) is 11.2. The summed E-state index contributed by atoms with van der Waals surface area (Å²) in [7, 11) is 0. The average Bonchev–Trinajstić information content (AvgIpc) is 2.59. The van der Waals surface area contributed by atoms with E-state index in [2.05, 4.69) is 17.8 Å². The third kappa shape index (κ3) is 4.59. The van der Waals surface area contributed by atoms with Gasteiger partial charge in [0.15, 0.2) is 11.6 Å².